The van der Waals surface area contributed by atoms with Crippen molar-refractivity contribution < 1.29 is 4.39 Å². The van der Waals surface area contributed by atoms with Gasteiger partial charge in [-0.15, -0.1) is 0 Å². The zero-order chi connectivity index (χ0) is 9.26. The highest BCUT2D eigenvalue weighted by Gasteiger charge is 2.19. The summed E-state index contributed by atoms with van der Waals surface area (Å²) in [4.78, 5) is 0. The fourth-order valence-electron chi connectivity index (χ4n) is 1.83. The van der Waals surface area contributed by atoms with Crippen LogP contribution in [-0.4, -0.2) is 13.1 Å². The molecule has 0 aromatic heterocycles. The van der Waals surface area contributed by atoms with Crippen molar-refractivity contribution in [1.29, 1.82) is 0 Å². The third-order valence-corrected chi connectivity index (χ3v) is 2.59. The number of hydrogen-bond donors (Lipinski definition) is 2. The third kappa shape index (κ3) is 1.52. The van der Waals surface area contributed by atoms with Crippen LogP contribution >= 0.6 is 0 Å². The number of halogens is 1. The maximum absolute atomic E-state index is 13.1. The Morgan fingerprint density at radius 1 is 1.46 bits per heavy atom. The Kier molecular flexibility index (Phi) is 2.19. The van der Waals surface area contributed by atoms with Crippen LogP contribution in [-0.2, 0) is 0 Å². The van der Waals surface area contributed by atoms with Gasteiger partial charge in [0.15, 0.2) is 0 Å². The number of nitrogen functional groups attached to an aromatic ring is 1. The summed E-state index contributed by atoms with van der Waals surface area (Å²) in [5.74, 6) is 0.0834. The van der Waals surface area contributed by atoms with Gasteiger partial charge in [-0.1, -0.05) is 12.1 Å². The molecule has 0 aliphatic carbocycles. The molecule has 1 aliphatic rings. The predicted molar refractivity (Wildman–Crippen MR) is 51.0 cm³/mol. The standard InChI is InChI=1S/C10H13FN2/c11-9-3-1-2-8(10(9)12)7-4-5-13-6-7/h1-3,7,13H,4-6,12H2. The SMILES string of the molecule is Nc1c(F)cccc1C1CCNC1. The number of nitrogens with two attached hydrogens (primary N) is 1. The van der Waals surface area contributed by atoms with E-state index < -0.39 is 0 Å². The molecular weight excluding hydrogens is 167 g/mol. The van der Waals surface area contributed by atoms with Gasteiger partial charge in [-0.05, 0) is 30.5 Å². The average molecular weight is 180 g/mol. The molecule has 1 heterocycles. The van der Waals surface area contributed by atoms with Gasteiger partial charge in [0, 0.05) is 6.54 Å². The Balaban J connectivity index is 2.33. The summed E-state index contributed by atoms with van der Waals surface area (Å²) < 4.78 is 13.1. The van der Waals surface area contributed by atoms with Crippen LogP contribution in [0.25, 0.3) is 0 Å². The van der Waals surface area contributed by atoms with Crippen LogP contribution in [0.3, 0.4) is 0 Å². The van der Waals surface area contributed by atoms with E-state index in [4.69, 9.17) is 5.73 Å². The van der Waals surface area contributed by atoms with Gasteiger partial charge in [0.25, 0.3) is 0 Å². The maximum Gasteiger partial charge on any atom is 0.146 e. The minimum atomic E-state index is -0.301. The zero-order valence-electron chi connectivity index (χ0n) is 7.39. The second-order valence-electron chi connectivity index (χ2n) is 3.43. The molecule has 2 rings (SSSR count). The first-order valence-corrected chi connectivity index (χ1v) is 4.53. The van der Waals surface area contributed by atoms with Crippen molar-refractivity contribution in [1.82, 2.24) is 5.32 Å². The molecule has 0 saturated carbocycles. The van der Waals surface area contributed by atoms with E-state index in [0.29, 0.717) is 11.6 Å². The van der Waals surface area contributed by atoms with Crippen molar-refractivity contribution >= 4 is 5.69 Å². The monoisotopic (exact) mass is 180 g/mol. The summed E-state index contributed by atoms with van der Waals surface area (Å²) in [6, 6.07) is 5.04. The van der Waals surface area contributed by atoms with E-state index in [1.807, 2.05) is 6.07 Å². The van der Waals surface area contributed by atoms with E-state index in [9.17, 15) is 4.39 Å². The Morgan fingerprint density at radius 2 is 2.31 bits per heavy atom. The van der Waals surface area contributed by atoms with Crippen molar-refractivity contribution in [2.24, 2.45) is 0 Å². The van der Waals surface area contributed by atoms with Crippen LogP contribution < -0.4 is 11.1 Å². The Hall–Kier alpha value is -1.09. The first kappa shape index (κ1) is 8.51. The zero-order valence-corrected chi connectivity index (χ0v) is 7.39. The van der Waals surface area contributed by atoms with Gasteiger partial charge >= 0.3 is 0 Å². The average Bonchev–Trinajstić information content (AvgIpc) is 2.62. The highest BCUT2D eigenvalue weighted by Crippen LogP contribution is 2.28. The maximum atomic E-state index is 13.1. The number of hydrogen-bond acceptors (Lipinski definition) is 2. The Bertz CT molecular complexity index is 306. The van der Waals surface area contributed by atoms with Gasteiger partial charge in [-0.3, -0.25) is 0 Å². The van der Waals surface area contributed by atoms with Crippen LogP contribution in [0.5, 0.6) is 0 Å². The number of nitrogens with one attached hydrogen (secondary N) is 1. The minimum absolute atomic E-state index is 0.301. The lowest BCUT2D eigenvalue weighted by molar-refractivity contribution is 0.627. The van der Waals surface area contributed by atoms with E-state index in [0.717, 1.165) is 25.1 Å². The molecule has 0 spiro atoms. The summed E-state index contributed by atoms with van der Waals surface area (Å²) in [6.45, 7) is 1.91. The summed E-state index contributed by atoms with van der Waals surface area (Å²) in [6.07, 6.45) is 1.05. The van der Waals surface area contributed by atoms with E-state index in [1.54, 1.807) is 6.07 Å². The molecule has 1 unspecified atom stereocenters. The summed E-state index contributed by atoms with van der Waals surface area (Å²) in [5, 5.41) is 3.24. The van der Waals surface area contributed by atoms with Crippen LogP contribution in [0.15, 0.2) is 18.2 Å². The van der Waals surface area contributed by atoms with E-state index in [1.165, 1.54) is 6.07 Å². The predicted octanol–water partition coefficient (Wildman–Crippen LogP) is 1.48. The quantitative estimate of drug-likeness (QED) is 0.642. The Morgan fingerprint density at radius 3 is 3.00 bits per heavy atom. The highest BCUT2D eigenvalue weighted by molar-refractivity contribution is 5.50. The second kappa shape index (κ2) is 3.34. The molecule has 1 aromatic rings. The topological polar surface area (TPSA) is 38.0 Å². The van der Waals surface area contributed by atoms with Crippen molar-refractivity contribution in [2.45, 2.75) is 12.3 Å². The number of anilines is 1. The lowest BCUT2D eigenvalue weighted by Crippen LogP contribution is -2.09. The van der Waals surface area contributed by atoms with Crippen molar-refractivity contribution in [3.8, 4) is 0 Å². The van der Waals surface area contributed by atoms with Crippen LogP contribution in [0.1, 0.15) is 17.9 Å². The minimum Gasteiger partial charge on any atom is -0.396 e. The molecule has 0 radical (unpaired) electrons. The molecule has 0 bridgehead atoms. The second-order valence-corrected chi connectivity index (χ2v) is 3.43. The number of rotatable bonds is 1. The van der Waals surface area contributed by atoms with Crippen molar-refractivity contribution in [3.63, 3.8) is 0 Å². The summed E-state index contributed by atoms with van der Waals surface area (Å²) in [7, 11) is 0. The van der Waals surface area contributed by atoms with Crippen molar-refractivity contribution in [3.05, 3.63) is 29.6 Å². The normalized spacial score (nSPS) is 22.1. The number of para-hydroxylation sites is 1. The van der Waals surface area contributed by atoms with Gasteiger partial charge in [-0.2, -0.15) is 0 Å². The van der Waals surface area contributed by atoms with Crippen LogP contribution in [0.2, 0.25) is 0 Å². The lowest BCUT2D eigenvalue weighted by Gasteiger charge is -2.11. The third-order valence-electron chi connectivity index (χ3n) is 2.59. The molecule has 1 saturated heterocycles. The first-order valence-electron chi connectivity index (χ1n) is 4.53. The molecule has 3 N–H and O–H groups in total. The smallest absolute Gasteiger partial charge is 0.146 e. The molecule has 1 fully saturated rings. The van der Waals surface area contributed by atoms with E-state index in [-0.39, 0.29) is 5.82 Å². The van der Waals surface area contributed by atoms with Crippen molar-refractivity contribution in [2.75, 3.05) is 18.8 Å². The molecule has 3 heteroatoms. The van der Waals surface area contributed by atoms with Crippen LogP contribution in [0.4, 0.5) is 10.1 Å². The largest absolute Gasteiger partial charge is 0.396 e. The van der Waals surface area contributed by atoms with Gasteiger partial charge in [-0.25, -0.2) is 4.39 Å². The fourth-order valence-corrected chi connectivity index (χ4v) is 1.83. The van der Waals surface area contributed by atoms with Gasteiger partial charge < -0.3 is 11.1 Å². The molecular formula is C10H13FN2. The molecule has 1 aliphatic heterocycles. The molecule has 13 heavy (non-hydrogen) atoms. The number of benzene rings is 1. The molecule has 1 atom stereocenters. The summed E-state index contributed by atoms with van der Waals surface area (Å²) >= 11 is 0. The fraction of sp³-hybridized carbons (Fsp3) is 0.400. The Labute approximate surface area is 76.9 Å². The van der Waals surface area contributed by atoms with E-state index >= 15 is 0 Å². The van der Waals surface area contributed by atoms with Crippen LogP contribution in [0, 0.1) is 5.82 Å². The molecule has 0 amide bonds. The van der Waals surface area contributed by atoms with E-state index in [2.05, 4.69) is 5.32 Å². The molecule has 70 valence electrons. The molecule has 1 aromatic carbocycles. The first-order chi connectivity index (χ1) is 6.29. The molecule has 2 nitrogen and oxygen atoms in total. The highest BCUT2D eigenvalue weighted by atomic mass is 19.1. The van der Waals surface area contributed by atoms with Gasteiger partial charge in [0.2, 0.25) is 0 Å². The van der Waals surface area contributed by atoms with Gasteiger partial charge in [0.05, 0.1) is 5.69 Å². The summed E-state index contributed by atoms with van der Waals surface area (Å²) in [5.41, 5.74) is 6.92. The lowest BCUT2D eigenvalue weighted by atomic mass is 9.97. The van der Waals surface area contributed by atoms with Gasteiger partial charge in [0.1, 0.15) is 5.82 Å².